The monoisotopic (exact) mass is 273 g/mol. The molecule has 1 heterocycles. The minimum atomic E-state index is 0.621. The van der Waals surface area contributed by atoms with E-state index in [1.807, 2.05) is 6.07 Å². The number of rotatable bonds is 1. The highest BCUT2D eigenvalue weighted by atomic mass is 79.9. The Labute approximate surface area is 98.0 Å². The molecule has 0 saturated carbocycles. The maximum Gasteiger partial charge on any atom is 0.0550 e. The highest BCUT2D eigenvalue weighted by Crippen LogP contribution is 2.30. The molecule has 0 radical (unpaired) electrons. The van der Waals surface area contributed by atoms with Crippen LogP contribution in [0.1, 0.15) is 24.8 Å². The van der Waals surface area contributed by atoms with Crippen LogP contribution in [0.15, 0.2) is 22.7 Å². The molecule has 2 unspecified atom stereocenters. The minimum absolute atomic E-state index is 0.621. The molecule has 14 heavy (non-hydrogen) atoms. The van der Waals surface area contributed by atoms with Crippen molar-refractivity contribution in [2.24, 2.45) is 0 Å². The summed E-state index contributed by atoms with van der Waals surface area (Å²) in [6.45, 7) is 3.29. The second-order valence-electron chi connectivity index (χ2n) is 3.92. The molecule has 1 N–H and O–H groups in total. The van der Waals surface area contributed by atoms with Gasteiger partial charge in [-0.15, -0.1) is 0 Å². The molecule has 2 rings (SSSR count). The normalized spacial score (nSPS) is 26.8. The number of halogens is 2. The summed E-state index contributed by atoms with van der Waals surface area (Å²) in [5, 5.41) is 4.25. The average molecular weight is 275 g/mol. The van der Waals surface area contributed by atoms with E-state index in [0.29, 0.717) is 12.0 Å². The van der Waals surface area contributed by atoms with Gasteiger partial charge in [-0.25, -0.2) is 0 Å². The summed E-state index contributed by atoms with van der Waals surface area (Å²) in [5.74, 6) is 0.621. The van der Waals surface area contributed by atoms with E-state index in [2.05, 4.69) is 40.3 Å². The van der Waals surface area contributed by atoms with Crippen molar-refractivity contribution in [1.29, 1.82) is 0 Å². The van der Waals surface area contributed by atoms with Crippen molar-refractivity contribution < 1.29 is 0 Å². The fraction of sp³-hybridized carbons (Fsp3) is 0.455. The first-order valence-corrected chi connectivity index (χ1v) is 6.02. The maximum atomic E-state index is 6.06. The Morgan fingerprint density at radius 1 is 1.50 bits per heavy atom. The number of hydrogen-bond acceptors (Lipinski definition) is 1. The lowest BCUT2D eigenvalue weighted by molar-refractivity contribution is 0.658. The lowest BCUT2D eigenvalue weighted by atomic mass is 9.97. The zero-order chi connectivity index (χ0) is 10.1. The molecule has 1 nitrogen and oxygen atoms in total. The summed E-state index contributed by atoms with van der Waals surface area (Å²) < 4.78 is 0.974. The Balaban J connectivity index is 2.20. The average Bonchev–Trinajstić information content (AvgIpc) is 2.57. The zero-order valence-electron chi connectivity index (χ0n) is 8.06. The first kappa shape index (κ1) is 10.5. The van der Waals surface area contributed by atoms with Crippen molar-refractivity contribution in [3.05, 3.63) is 33.3 Å². The predicted molar refractivity (Wildman–Crippen MR) is 64.0 cm³/mol. The van der Waals surface area contributed by atoms with Gasteiger partial charge >= 0.3 is 0 Å². The third kappa shape index (κ3) is 2.13. The van der Waals surface area contributed by atoms with E-state index in [4.69, 9.17) is 11.6 Å². The Morgan fingerprint density at radius 2 is 2.29 bits per heavy atom. The van der Waals surface area contributed by atoms with Crippen LogP contribution in [0.2, 0.25) is 5.02 Å². The van der Waals surface area contributed by atoms with E-state index in [9.17, 15) is 0 Å². The molecule has 1 aliphatic heterocycles. The van der Waals surface area contributed by atoms with Crippen molar-refractivity contribution in [3.8, 4) is 0 Å². The van der Waals surface area contributed by atoms with E-state index in [1.165, 1.54) is 12.0 Å². The molecule has 0 aromatic heterocycles. The smallest absolute Gasteiger partial charge is 0.0550 e. The molecule has 76 valence electrons. The van der Waals surface area contributed by atoms with Gasteiger partial charge in [-0.05, 0) is 52.9 Å². The highest BCUT2D eigenvalue weighted by molar-refractivity contribution is 9.10. The second-order valence-corrected chi connectivity index (χ2v) is 5.18. The standard InChI is InChI=1S/C11H13BrClN/c1-7-4-9(6-14-7)8-2-3-10(12)11(13)5-8/h2-3,5,7,9,14H,4,6H2,1H3. The summed E-state index contributed by atoms with van der Waals surface area (Å²) >= 11 is 9.46. The first-order valence-electron chi connectivity index (χ1n) is 4.85. The fourth-order valence-corrected chi connectivity index (χ4v) is 2.39. The molecule has 0 spiro atoms. The molecule has 0 bridgehead atoms. The maximum absolute atomic E-state index is 6.06. The van der Waals surface area contributed by atoms with E-state index < -0.39 is 0 Å². The molecule has 1 fully saturated rings. The molecule has 0 amide bonds. The van der Waals surface area contributed by atoms with Crippen LogP contribution in [0.3, 0.4) is 0 Å². The Morgan fingerprint density at radius 3 is 2.86 bits per heavy atom. The summed E-state index contributed by atoms with van der Waals surface area (Å²) in [6.07, 6.45) is 1.21. The lowest BCUT2D eigenvalue weighted by Gasteiger charge is -2.09. The van der Waals surface area contributed by atoms with Crippen LogP contribution >= 0.6 is 27.5 Å². The van der Waals surface area contributed by atoms with Gasteiger partial charge in [0.15, 0.2) is 0 Å². The van der Waals surface area contributed by atoms with Gasteiger partial charge in [-0.1, -0.05) is 17.7 Å². The molecule has 1 aromatic carbocycles. The van der Waals surface area contributed by atoms with E-state index >= 15 is 0 Å². The number of benzene rings is 1. The Kier molecular flexibility index (Phi) is 3.15. The molecular formula is C11H13BrClN. The number of hydrogen-bond donors (Lipinski definition) is 1. The minimum Gasteiger partial charge on any atom is -0.314 e. The van der Waals surface area contributed by atoms with Crippen molar-refractivity contribution in [2.75, 3.05) is 6.54 Å². The van der Waals surface area contributed by atoms with Crippen molar-refractivity contribution in [3.63, 3.8) is 0 Å². The van der Waals surface area contributed by atoms with Crippen LogP contribution in [0.25, 0.3) is 0 Å². The van der Waals surface area contributed by atoms with Crippen LogP contribution in [0, 0.1) is 0 Å². The van der Waals surface area contributed by atoms with Crippen LogP contribution < -0.4 is 5.32 Å². The van der Waals surface area contributed by atoms with Crippen LogP contribution in [0.4, 0.5) is 0 Å². The molecule has 1 saturated heterocycles. The second kappa shape index (κ2) is 4.21. The van der Waals surface area contributed by atoms with Crippen LogP contribution in [-0.4, -0.2) is 12.6 Å². The molecular weight excluding hydrogens is 261 g/mol. The molecule has 1 aliphatic rings. The molecule has 2 atom stereocenters. The molecule has 1 aromatic rings. The van der Waals surface area contributed by atoms with Gasteiger partial charge in [0.05, 0.1) is 5.02 Å². The zero-order valence-corrected chi connectivity index (χ0v) is 10.4. The summed E-state index contributed by atoms with van der Waals surface area (Å²) in [5.41, 5.74) is 1.34. The van der Waals surface area contributed by atoms with Gasteiger partial charge in [0.25, 0.3) is 0 Å². The van der Waals surface area contributed by atoms with E-state index in [-0.39, 0.29) is 0 Å². The van der Waals surface area contributed by atoms with Crippen molar-refractivity contribution >= 4 is 27.5 Å². The van der Waals surface area contributed by atoms with Gasteiger partial charge in [0.1, 0.15) is 0 Å². The van der Waals surface area contributed by atoms with Gasteiger partial charge in [0, 0.05) is 17.1 Å². The third-order valence-electron chi connectivity index (χ3n) is 2.77. The largest absolute Gasteiger partial charge is 0.314 e. The van der Waals surface area contributed by atoms with Gasteiger partial charge in [-0.3, -0.25) is 0 Å². The van der Waals surface area contributed by atoms with Gasteiger partial charge in [-0.2, -0.15) is 0 Å². The summed E-state index contributed by atoms with van der Waals surface area (Å²) in [6, 6.07) is 6.87. The predicted octanol–water partition coefficient (Wildman–Crippen LogP) is 3.57. The van der Waals surface area contributed by atoms with Crippen molar-refractivity contribution in [1.82, 2.24) is 5.32 Å². The molecule has 3 heteroatoms. The highest BCUT2D eigenvalue weighted by Gasteiger charge is 2.22. The topological polar surface area (TPSA) is 12.0 Å². The van der Waals surface area contributed by atoms with Crippen molar-refractivity contribution in [2.45, 2.75) is 25.3 Å². The van der Waals surface area contributed by atoms with Gasteiger partial charge < -0.3 is 5.32 Å². The summed E-state index contributed by atoms with van der Waals surface area (Å²) in [7, 11) is 0. The van der Waals surface area contributed by atoms with Crippen LogP contribution in [-0.2, 0) is 0 Å². The summed E-state index contributed by atoms with van der Waals surface area (Å²) in [4.78, 5) is 0. The number of nitrogens with one attached hydrogen (secondary N) is 1. The third-order valence-corrected chi connectivity index (χ3v) is 4.00. The Bertz CT molecular complexity index is 340. The van der Waals surface area contributed by atoms with Crippen LogP contribution in [0.5, 0.6) is 0 Å². The van der Waals surface area contributed by atoms with E-state index in [1.54, 1.807) is 0 Å². The molecule has 0 aliphatic carbocycles. The first-order chi connectivity index (χ1) is 6.66. The SMILES string of the molecule is CC1CC(c2ccc(Br)c(Cl)c2)CN1. The van der Waals surface area contributed by atoms with E-state index in [0.717, 1.165) is 16.0 Å². The lowest BCUT2D eigenvalue weighted by Crippen LogP contribution is -2.16. The fourth-order valence-electron chi connectivity index (χ4n) is 1.96. The van der Waals surface area contributed by atoms with Gasteiger partial charge in [0.2, 0.25) is 0 Å². The quantitative estimate of drug-likeness (QED) is 0.825. The Hall–Kier alpha value is -0.0500.